The highest BCUT2D eigenvalue weighted by atomic mass is 35.5. The number of rotatable bonds is 6. The van der Waals surface area contributed by atoms with Gasteiger partial charge in [0.2, 0.25) is 0 Å². The zero-order valence-corrected chi connectivity index (χ0v) is 12.0. The molecule has 0 aliphatic rings. The molecule has 0 aromatic heterocycles. The third kappa shape index (κ3) is 4.21. The summed E-state index contributed by atoms with van der Waals surface area (Å²) in [7, 11) is 0. The van der Waals surface area contributed by atoms with Gasteiger partial charge in [0.15, 0.2) is 0 Å². The van der Waals surface area contributed by atoms with Gasteiger partial charge in [-0.3, -0.25) is 0 Å². The van der Waals surface area contributed by atoms with Gasteiger partial charge < -0.3 is 10.2 Å². The van der Waals surface area contributed by atoms with E-state index in [1.54, 1.807) is 0 Å². The molecule has 0 heterocycles. The van der Waals surface area contributed by atoms with E-state index in [0.717, 1.165) is 30.2 Å². The lowest BCUT2D eigenvalue weighted by atomic mass is 10.2. The maximum Gasteiger partial charge on any atom is 0.0471 e. The van der Waals surface area contributed by atoms with Crippen LogP contribution in [-0.4, -0.2) is 19.1 Å². The lowest BCUT2D eigenvalue weighted by Gasteiger charge is -2.22. The summed E-state index contributed by atoms with van der Waals surface area (Å²) in [6, 6.07) is 6.81. The molecule has 0 saturated carbocycles. The Morgan fingerprint density at radius 3 is 2.35 bits per heavy atom. The van der Waals surface area contributed by atoms with Crippen LogP contribution in [0, 0.1) is 0 Å². The molecule has 0 fully saturated rings. The molecule has 2 nitrogen and oxygen atoms in total. The second-order valence-electron chi connectivity index (χ2n) is 4.48. The number of halogens is 1. The third-order valence-corrected chi connectivity index (χ3v) is 3.22. The van der Waals surface area contributed by atoms with Crippen molar-refractivity contribution >= 4 is 17.3 Å². The maximum absolute atomic E-state index is 6.30. The van der Waals surface area contributed by atoms with Gasteiger partial charge in [-0.25, -0.2) is 0 Å². The molecular formula is C14H23ClN2. The summed E-state index contributed by atoms with van der Waals surface area (Å²) in [6.45, 7) is 11.4. The van der Waals surface area contributed by atoms with Gasteiger partial charge in [0.25, 0.3) is 0 Å². The van der Waals surface area contributed by atoms with Crippen molar-refractivity contribution in [2.45, 2.75) is 40.3 Å². The normalized spacial score (nSPS) is 10.9. The Balaban J connectivity index is 2.78. The van der Waals surface area contributed by atoms with Crippen LogP contribution in [0.25, 0.3) is 0 Å². The first-order chi connectivity index (χ1) is 8.08. The van der Waals surface area contributed by atoms with Crippen LogP contribution >= 0.6 is 11.6 Å². The predicted molar refractivity (Wildman–Crippen MR) is 77.0 cm³/mol. The molecule has 1 aromatic carbocycles. The minimum absolute atomic E-state index is 0.480. The first kappa shape index (κ1) is 14.3. The highest BCUT2D eigenvalue weighted by Crippen LogP contribution is 2.23. The van der Waals surface area contributed by atoms with Crippen molar-refractivity contribution in [3.05, 3.63) is 28.8 Å². The standard InChI is InChI=1S/C14H23ClN2/c1-5-17(6-2)13-8-7-12(14(15)9-13)10-16-11(3)4/h7-9,11,16H,5-6,10H2,1-4H3. The van der Waals surface area contributed by atoms with Gasteiger partial charge in [-0.1, -0.05) is 31.5 Å². The first-order valence-corrected chi connectivity index (χ1v) is 6.73. The van der Waals surface area contributed by atoms with Crippen molar-refractivity contribution in [2.75, 3.05) is 18.0 Å². The number of hydrogen-bond acceptors (Lipinski definition) is 2. The van der Waals surface area contributed by atoms with E-state index in [0.29, 0.717) is 6.04 Å². The van der Waals surface area contributed by atoms with Crippen LogP contribution in [0.5, 0.6) is 0 Å². The lowest BCUT2D eigenvalue weighted by molar-refractivity contribution is 0.589. The van der Waals surface area contributed by atoms with E-state index in [4.69, 9.17) is 11.6 Å². The van der Waals surface area contributed by atoms with E-state index >= 15 is 0 Å². The van der Waals surface area contributed by atoms with Crippen LogP contribution in [0.1, 0.15) is 33.3 Å². The van der Waals surface area contributed by atoms with Crippen LogP contribution in [0.15, 0.2) is 18.2 Å². The fraction of sp³-hybridized carbons (Fsp3) is 0.571. The molecule has 0 aliphatic heterocycles. The Kier molecular flexibility index (Phi) is 5.79. The van der Waals surface area contributed by atoms with E-state index < -0.39 is 0 Å². The van der Waals surface area contributed by atoms with Gasteiger partial charge in [0, 0.05) is 36.4 Å². The smallest absolute Gasteiger partial charge is 0.0471 e. The highest BCUT2D eigenvalue weighted by Gasteiger charge is 2.06. The molecule has 1 N–H and O–H groups in total. The second kappa shape index (κ2) is 6.87. The van der Waals surface area contributed by atoms with Crippen molar-refractivity contribution < 1.29 is 0 Å². The predicted octanol–water partition coefficient (Wildman–Crippen LogP) is 3.68. The van der Waals surface area contributed by atoms with Gasteiger partial charge in [-0.05, 0) is 31.5 Å². The van der Waals surface area contributed by atoms with Gasteiger partial charge in [-0.15, -0.1) is 0 Å². The Hall–Kier alpha value is -0.730. The van der Waals surface area contributed by atoms with E-state index in [1.165, 1.54) is 5.69 Å². The second-order valence-corrected chi connectivity index (χ2v) is 4.89. The molecule has 1 aromatic rings. The SMILES string of the molecule is CCN(CC)c1ccc(CNC(C)C)c(Cl)c1. The molecule has 0 bridgehead atoms. The van der Waals surface area contributed by atoms with Crippen molar-refractivity contribution in [1.29, 1.82) is 0 Å². The number of nitrogens with zero attached hydrogens (tertiary/aromatic N) is 1. The molecule has 0 spiro atoms. The van der Waals surface area contributed by atoms with Crippen LogP contribution in [0.4, 0.5) is 5.69 Å². The first-order valence-electron chi connectivity index (χ1n) is 6.35. The van der Waals surface area contributed by atoms with Gasteiger partial charge in [0.05, 0.1) is 0 Å². The molecule has 0 unspecified atom stereocenters. The van der Waals surface area contributed by atoms with Crippen molar-refractivity contribution in [2.24, 2.45) is 0 Å². The Bertz CT molecular complexity index is 346. The van der Waals surface area contributed by atoms with Crippen LogP contribution in [0.3, 0.4) is 0 Å². The van der Waals surface area contributed by atoms with Crippen molar-refractivity contribution in [3.63, 3.8) is 0 Å². The summed E-state index contributed by atoms with van der Waals surface area (Å²) in [5.41, 5.74) is 2.37. The third-order valence-electron chi connectivity index (χ3n) is 2.87. The van der Waals surface area contributed by atoms with Crippen molar-refractivity contribution in [3.8, 4) is 0 Å². The maximum atomic E-state index is 6.30. The topological polar surface area (TPSA) is 15.3 Å². The van der Waals surface area contributed by atoms with E-state index in [1.807, 2.05) is 0 Å². The van der Waals surface area contributed by atoms with Gasteiger partial charge in [0.1, 0.15) is 0 Å². The molecule has 0 radical (unpaired) electrons. The van der Waals surface area contributed by atoms with Crippen molar-refractivity contribution in [1.82, 2.24) is 5.32 Å². The molecule has 96 valence electrons. The molecule has 17 heavy (non-hydrogen) atoms. The largest absolute Gasteiger partial charge is 0.372 e. The molecule has 0 amide bonds. The Morgan fingerprint density at radius 2 is 1.88 bits per heavy atom. The average Bonchev–Trinajstić information content (AvgIpc) is 2.29. The summed E-state index contributed by atoms with van der Waals surface area (Å²) in [5.74, 6) is 0. The Labute approximate surface area is 110 Å². The fourth-order valence-electron chi connectivity index (χ4n) is 1.78. The zero-order chi connectivity index (χ0) is 12.8. The average molecular weight is 255 g/mol. The summed E-state index contributed by atoms with van der Waals surface area (Å²) >= 11 is 6.30. The van der Waals surface area contributed by atoms with E-state index in [-0.39, 0.29) is 0 Å². The monoisotopic (exact) mass is 254 g/mol. The summed E-state index contributed by atoms with van der Waals surface area (Å²) in [6.07, 6.45) is 0. The summed E-state index contributed by atoms with van der Waals surface area (Å²) in [5, 5.41) is 4.23. The van der Waals surface area contributed by atoms with E-state index in [9.17, 15) is 0 Å². The molecular weight excluding hydrogens is 232 g/mol. The number of nitrogens with one attached hydrogen (secondary N) is 1. The highest BCUT2D eigenvalue weighted by molar-refractivity contribution is 6.31. The number of hydrogen-bond donors (Lipinski definition) is 1. The minimum atomic E-state index is 0.480. The van der Waals surface area contributed by atoms with Gasteiger partial charge in [-0.2, -0.15) is 0 Å². The van der Waals surface area contributed by atoms with Gasteiger partial charge >= 0.3 is 0 Å². The van der Waals surface area contributed by atoms with Crippen LogP contribution in [0.2, 0.25) is 5.02 Å². The lowest BCUT2D eigenvalue weighted by Crippen LogP contribution is -2.23. The van der Waals surface area contributed by atoms with Crippen LogP contribution in [-0.2, 0) is 6.54 Å². The molecule has 3 heteroatoms. The minimum Gasteiger partial charge on any atom is -0.372 e. The zero-order valence-electron chi connectivity index (χ0n) is 11.3. The Morgan fingerprint density at radius 1 is 1.24 bits per heavy atom. The van der Waals surface area contributed by atoms with Crippen LogP contribution < -0.4 is 10.2 Å². The number of benzene rings is 1. The summed E-state index contributed by atoms with van der Waals surface area (Å²) in [4.78, 5) is 2.30. The fourth-order valence-corrected chi connectivity index (χ4v) is 2.02. The molecule has 1 rings (SSSR count). The summed E-state index contributed by atoms with van der Waals surface area (Å²) < 4.78 is 0. The molecule has 0 atom stereocenters. The number of anilines is 1. The quantitative estimate of drug-likeness (QED) is 0.833. The molecule has 0 saturated heterocycles. The molecule has 0 aliphatic carbocycles. The van der Waals surface area contributed by atoms with E-state index in [2.05, 4.69) is 56.1 Å².